The number of hydrogen-bond acceptors (Lipinski definition) is 4. The smallest absolute Gasteiger partial charge is 0.257 e. The van der Waals surface area contributed by atoms with Crippen molar-refractivity contribution in [2.24, 2.45) is 5.92 Å². The van der Waals surface area contributed by atoms with Crippen molar-refractivity contribution in [1.29, 1.82) is 0 Å². The molecule has 0 saturated carbocycles. The maximum atomic E-state index is 12.5. The Hall–Kier alpha value is -2.89. The molecule has 0 radical (unpaired) electrons. The molecule has 0 atom stereocenters. The Morgan fingerprint density at radius 2 is 1.70 bits per heavy atom. The van der Waals surface area contributed by atoms with Crippen molar-refractivity contribution in [3.63, 3.8) is 0 Å². The predicted molar refractivity (Wildman–Crippen MR) is 117 cm³/mol. The molecule has 1 aromatic heterocycles. The number of ether oxygens (including phenoxy) is 1. The molecular weight excluding hydrogens is 378 g/mol. The summed E-state index contributed by atoms with van der Waals surface area (Å²) < 4.78 is 5.60. The first kappa shape index (κ1) is 21.8. The second-order valence-electron chi connectivity index (χ2n) is 8.84. The monoisotopic (exact) mass is 409 g/mol. The third-order valence-electron chi connectivity index (χ3n) is 5.51. The van der Waals surface area contributed by atoms with Gasteiger partial charge in [-0.15, -0.1) is 0 Å². The maximum Gasteiger partial charge on any atom is 0.257 e. The molecule has 0 aliphatic carbocycles. The van der Waals surface area contributed by atoms with Gasteiger partial charge in [-0.1, -0.05) is 32.9 Å². The number of nitrogens with zero attached hydrogens (tertiary/aromatic N) is 2. The van der Waals surface area contributed by atoms with E-state index in [0.29, 0.717) is 36.9 Å². The summed E-state index contributed by atoms with van der Waals surface area (Å²) in [6.07, 6.45) is 5.03. The van der Waals surface area contributed by atoms with Crippen molar-refractivity contribution < 1.29 is 14.3 Å². The van der Waals surface area contributed by atoms with Crippen molar-refractivity contribution >= 4 is 11.8 Å². The minimum absolute atomic E-state index is 0.00817. The fourth-order valence-corrected chi connectivity index (χ4v) is 3.53. The van der Waals surface area contributed by atoms with E-state index in [2.05, 4.69) is 31.1 Å². The molecule has 1 aliphatic rings. The first-order valence-electron chi connectivity index (χ1n) is 10.5. The highest BCUT2D eigenvalue weighted by atomic mass is 16.5. The quantitative estimate of drug-likeness (QED) is 0.794. The zero-order valence-electron chi connectivity index (χ0n) is 18.1. The molecule has 0 unspecified atom stereocenters. The molecule has 30 heavy (non-hydrogen) atoms. The average molecular weight is 410 g/mol. The van der Waals surface area contributed by atoms with Crippen LogP contribution in [0.3, 0.4) is 0 Å². The van der Waals surface area contributed by atoms with Crippen molar-refractivity contribution in [2.45, 2.75) is 39.0 Å². The molecule has 1 aromatic carbocycles. The molecular formula is C24H31N3O3. The fourth-order valence-electron chi connectivity index (χ4n) is 3.53. The first-order chi connectivity index (χ1) is 14.3. The number of pyridine rings is 1. The fraction of sp³-hybridized carbons (Fsp3) is 0.458. The Morgan fingerprint density at radius 3 is 2.30 bits per heavy atom. The Morgan fingerprint density at radius 1 is 1.07 bits per heavy atom. The lowest BCUT2D eigenvalue weighted by Crippen LogP contribution is -2.42. The van der Waals surface area contributed by atoms with Crippen LogP contribution in [0.15, 0.2) is 48.8 Å². The summed E-state index contributed by atoms with van der Waals surface area (Å²) in [6.45, 7) is 8.52. The number of rotatable bonds is 6. The van der Waals surface area contributed by atoms with E-state index in [1.807, 2.05) is 29.2 Å². The zero-order valence-corrected chi connectivity index (χ0v) is 18.1. The Labute approximate surface area is 178 Å². The molecule has 3 rings (SSSR count). The zero-order chi connectivity index (χ0) is 21.6. The number of likely N-dealkylation sites (tertiary alicyclic amines) is 1. The van der Waals surface area contributed by atoms with E-state index in [1.165, 1.54) is 5.56 Å². The van der Waals surface area contributed by atoms with Gasteiger partial charge in [-0.3, -0.25) is 14.6 Å². The minimum atomic E-state index is -0.120. The maximum absolute atomic E-state index is 12.5. The molecule has 6 heteroatoms. The van der Waals surface area contributed by atoms with Gasteiger partial charge in [0.15, 0.2) is 6.61 Å². The van der Waals surface area contributed by atoms with Crippen molar-refractivity contribution in [1.82, 2.24) is 15.2 Å². The topological polar surface area (TPSA) is 71.5 Å². The van der Waals surface area contributed by atoms with Gasteiger partial charge in [0.1, 0.15) is 5.75 Å². The van der Waals surface area contributed by atoms with Crippen molar-refractivity contribution in [3.8, 4) is 5.75 Å². The van der Waals surface area contributed by atoms with Crippen LogP contribution in [-0.4, -0.2) is 47.9 Å². The van der Waals surface area contributed by atoms with Crippen LogP contribution in [0.25, 0.3) is 0 Å². The van der Waals surface area contributed by atoms with Gasteiger partial charge in [-0.05, 0) is 54.0 Å². The van der Waals surface area contributed by atoms with Gasteiger partial charge in [0.05, 0.1) is 0 Å². The molecule has 1 N–H and O–H groups in total. The van der Waals surface area contributed by atoms with Gasteiger partial charge in [-0.25, -0.2) is 0 Å². The van der Waals surface area contributed by atoms with Crippen LogP contribution in [-0.2, 0) is 10.2 Å². The number of nitrogens with one attached hydrogen (secondary N) is 1. The number of amides is 2. The van der Waals surface area contributed by atoms with E-state index in [4.69, 9.17) is 4.74 Å². The third kappa shape index (κ3) is 6.05. The van der Waals surface area contributed by atoms with Crippen LogP contribution < -0.4 is 10.1 Å². The molecule has 2 aromatic rings. The van der Waals surface area contributed by atoms with Crippen LogP contribution in [0, 0.1) is 5.92 Å². The number of carbonyl (C=O) groups excluding carboxylic acids is 2. The summed E-state index contributed by atoms with van der Waals surface area (Å²) in [5.41, 5.74) is 1.99. The number of aromatic nitrogens is 1. The van der Waals surface area contributed by atoms with Crippen molar-refractivity contribution in [2.75, 3.05) is 26.2 Å². The SMILES string of the molecule is CC(C)(C)c1ccc(OCC(=O)NCC2CCN(C(=O)c3ccncc3)CC2)cc1. The Kier molecular flexibility index (Phi) is 7.08. The highest BCUT2D eigenvalue weighted by Gasteiger charge is 2.24. The van der Waals surface area contributed by atoms with E-state index >= 15 is 0 Å². The lowest BCUT2D eigenvalue weighted by atomic mass is 9.87. The normalized spacial score (nSPS) is 15.0. The van der Waals surface area contributed by atoms with Gasteiger partial charge in [-0.2, -0.15) is 0 Å². The molecule has 1 aliphatic heterocycles. The van der Waals surface area contributed by atoms with E-state index < -0.39 is 0 Å². The van der Waals surface area contributed by atoms with Crippen LogP contribution >= 0.6 is 0 Å². The number of hydrogen-bond donors (Lipinski definition) is 1. The lowest BCUT2D eigenvalue weighted by Gasteiger charge is -2.32. The van der Waals surface area contributed by atoms with Gasteiger partial charge in [0.2, 0.25) is 0 Å². The summed E-state index contributed by atoms with van der Waals surface area (Å²) >= 11 is 0. The number of benzene rings is 1. The molecule has 1 saturated heterocycles. The van der Waals surface area contributed by atoms with Crippen molar-refractivity contribution in [3.05, 3.63) is 59.9 Å². The van der Waals surface area contributed by atoms with E-state index in [9.17, 15) is 9.59 Å². The lowest BCUT2D eigenvalue weighted by molar-refractivity contribution is -0.123. The summed E-state index contributed by atoms with van der Waals surface area (Å²) in [5, 5.41) is 2.96. The minimum Gasteiger partial charge on any atom is -0.484 e. The van der Waals surface area contributed by atoms with Gasteiger partial charge < -0.3 is 15.0 Å². The highest BCUT2D eigenvalue weighted by molar-refractivity contribution is 5.94. The Bertz CT molecular complexity index is 836. The molecule has 1 fully saturated rings. The largest absolute Gasteiger partial charge is 0.484 e. The van der Waals surface area contributed by atoms with Crippen LogP contribution in [0.2, 0.25) is 0 Å². The molecule has 160 valence electrons. The molecule has 2 amide bonds. The molecule has 2 heterocycles. The van der Waals surface area contributed by atoms with Gasteiger partial charge in [0.25, 0.3) is 11.8 Å². The summed E-state index contributed by atoms with van der Waals surface area (Å²) in [5.74, 6) is 0.999. The van der Waals surface area contributed by atoms with Gasteiger partial charge in [0, 0.05) is 37.6 Å². The van der Waals surface area contributed by atoms with Crippen LogP contribution in [0.1, 0.15) is 49.5 Å². The predicted octanol–water partition coefficient (Wildman–Crippen LogP) is 3.43. The summed E-state index contributed by atoms with van der Waals surface area (Å²) in [6, 6.07) is 11.4. The standard InChI is InChI=1S/C24H31N3O3/c1-24(2,3)20-4-6-21(7-5-20)30-17-22(28)26-16-18-10-14-27(15-11-18)23(29)19-8-12-25-13-9-19/h4-9,12-13,18H,10-11,14-17H2,1-3H3,(H,26,28). The Balaban J connectivity index is 1.36. The first-order valence-corrected chi connectivity index (χ1v) is 10.5. The van der Waals surface area contributed by atoms with Crippen LogP contribution in [0.5, 0.6) is 5.75 Å². The second-order valence-corrected chi connectivity index (χ2v) is 8.84. The van der Waals surface area contributed by atoms with E-state index in [0.717, 1.165) is 12.8 Å². The second kappa shape index (κ2) is 9.74. The van der Waals surface area contributed by atoms with E-state index in [-0.39, 0.29) is 23.8 Å². The van der Waals surface area contributed by atoms with E-state index in [1.54, 1.807) is 24.5 Å². The molecule has 0 spiro atoms. The highest BCUT2D eigenvalue weighted by Crippen LogP contribution is 2.24. The van der Waals surface area contributed by atoms with Crippen LogP contribution in [0.4, 0.5) is 0 Å². The molecule has 6 nitrogen and oxygen atoms in total. The van der Waals surface area contributed by atoms with Gasteiger partial charge >= 0.3 is 0 Å². The number of piperidine rings is 1. The third-order valence-corrected chi connectivity index (χ3v) is 5.51. The summed E-state index contributed by atoms with van der Waals surface area (Å²) in [7, 11) is 0. The summed E-state index contributed by atoms with van der Waals surface area (Å²) in [4.78, 5) is 30.4. The average Bonchev–Trinajstić information content (AvgIpc) is 2.76. The molecule has 0 bridgehead atoms. The number of carbonyl (C=O) groups is 2.